The molecule has 2 aromatic heterocycles. The van der Waals surface area contributed by atoms with Crippen molar-refractivity contribution in [2.24, 2.45) is 5.73 Å². The monoisotopic (exact) mass is 486 g/mol. The van der Waals surface area contributed by atoms with E-state index in [0.29, 0.717) is 22.2 Å². The summed E-state index contributed by atoms with van der Waals surface area (Å²) in [4.78, 5) is 28.2. The first-order valence-corrected chi connectivity index (χ1v) is 12.3. The molecule has 0 aliphatic rings. The summed E-state index contributed by atoms with van der Waals surface area (Å²) in [5, 5.41) is 12.4. The third kappa shape index (κ3) is 5.41. The summed E-state index contributed by atoms with van der Waals surface area (Å²) in [5.41, 5.74) is 10.5. The van der Waals surface area contributed by atoms with Crippen molar-refractivity contribution in [3.63, 3.8) is 0 Å². The highest BCUT2D eigenvalue weighted by Gasteiger charge is 2.21. The fourth-order valence-electron chi connectivity index (χ4n) is 3.79. The summed E-state index contributed by atoms with van der Waals surface area (Å²) in [6, 6.07) is 16.6. The van der Waals surface area contributed by atoms with Crippen LogP contribution in [0, 0.1) is 0 Å². The third-order valence-corrected chi connectivity index (χ3v) is 6.46. The number of carbonyl (C=O) groups excluding carboxylic acids is 2. The number of carbonyl (C=O) groups is 2. The van der Waals surface area contributed by atoms with E-state index < -0.39 is 5.91 Å². The molecule has 4 aromatic rings. The van der Waals surface area contributed by atoms with Gasteiger partial charge in [0, 0.05) is 29.2 Å². The second-order valence-corrected chi connectivity index (χ2v) is 8.74. The van der Waals surface area contributed by atoms with Crippen LogP contribution in [0.3, 0.4) is 0 Å². The first kappa shape index (κ1) is 24.2. The van der Waals surface area contributed by atoms with E-state index in [1.54, 1.807) is 36.7 Å². The van der Waals surface area contributed by atoms with Crippen molar-refractivity contribution in [1.29, 1.82) is 0 Å². The Morgan fingerprint density at radius 3 is 2.29 bits per heavy atom. The molecule has 3 N–H and O–H groups in total. The van der Waals surface area contributed by atoms with Gasteiger partial charge in [-0.3, -0.25) is 19.1 Å². The molecule has 178 valence electrons. The van der Waals surface area contributed by atoms with Crippen molar-refractivity contribution >= 4 is 29.3 Å². The molecule has 0 spiro atoms. The van der Waals surface area contributed by atoms with Crippen molar-refractivity contribution in [1.82, 2.24) is 19.7 Å². The van der Waals surface area contributed by atoms with Crippen LogP contribution < -0.4 is 11.1 Å². The highest BCUT2D eigenvalue weighted by Crippen LogP contribution is 2.32. The molecule has 2 heterocycles. The summed E-state index contributed by atoms with van der Waals surface area (Å²) < 4.78 is 2.04. The maximum atomic E-state index is 12.7. The van der Waals surface area contributed by atoms with Crippen LogP contribution in [0.25, 0.3) is 17.1 Å². The largest absolute Gasteiger partial charge is 0.366 e. The number of aromatic nitrogens is 4. The number of rotatable bonds is 9. The van der Waals surface area contributed by atoms with E-state index in [9.17, 15) is 9.59 Å². The fourth-order valence-corrected chi connectivity index (χ4v) is 4.53. The van der Waals surface area contributed by atoms with E-state index in [2.05, 4.69) is 52.5 Å². The number of thioether (sulfide) groups is 1. The van der Waals surface area contributed by atoms with E-state index in [0.717, 1.165) is 24.1 Å². The standard InChI is InChI=1S/C26H26N6O2S/c1-3-17-7-5-8-18(4-2)23(17)32-25(20-9-6-14-28-15-20)30-31-26(32)35-16-22(33)29-21-12-10-19(11-13-21)24(27)34/h5-15H,3-4,16H2,1-2H3,(H2,27,34)(H,29,33). The predicted molar refractivity (Wildman–Crippen MR) is 138 cm³/mol. The summed E-state index contributed by atoms with van der Waals surface area (Å²) in [7, 11) is 0. The van der Waals surface area contributed by atoms with Crippen LogP contribution in [0.5, 0.6) is 0 Å². The van der Waals surface area contributed by atoms with Crippen molar-refractivity contribution in [3.8, 4) is 17.1 Å². The first-order chi connectivity index (χ1) is 17.0. The smallest absolute Gasteiger partial charge is 0.248 e. The Balaban J connectivity index is 1.64. The van der Waals surface area contributed by atoms with Gasteiger partial charge >= 0.3 is 0 Å². The molecule has 4 rings (SSSR count). The first-order valence-electron chi connectivity index (χ1n) is 11.3. The van der Waals surface area contributed by atoms with Gasteiger partial charge < -0.3 is 11.1 Å². The molecule has 0 atom stereocenters. The van der Waals surface area contributed by atoms with Crippen LogP contribution in [0.1, 0.15) is 35.3 Å². The Labute approximate surface area is 208 Å². The Hall–Kier alpha value is -3.98. The van der Waals surface area contributed by atoms with Crippen molar-refractivity contribution in [2.75, 3.05) is 11.1 Å². The van der Waals surface area contributed by atoms with E-state index >= 15 is 0 Å². The predicted octanol–water partition coefficient (Wildman–Crippen LogP) is 4.28. The minimum atomic E-state index is -0.513. The molecule has 0 saturated carbocycles. The van der Waals surface area contributed by atoms with Crippen LogP contribution >= 0.6 is 11.8 Å². The number of anilines is 1. The fraction of sp³-hybridized carbons (Fsp3) is 0.192. The Kier molecular flexibility index (Phi) is 7.57. The zero-order valence-electron chi connectivity index (χ0n) is 19.6. The number of aryl methyl sites for hydroxylation is 2. The van der Waals surface area contributed by atoms with Crippen LogP contribution in [-0.4, -0.2) is 37.3 Å². The number of amides is 2. The van der Waals surface area contributed by atoms with Crippen LogP contribution in [-0.2, 0) is 17.6 Å². The molecule has 0 saturated heterocycles. The molecule has 0 unspecified atom stereocenters. The Bertz CT molecular complexity index is 1310. The molecular formula is C26H26N6O2S. The number of para-hydroxylation sites is 1. The van der Waals surface area contributed by atoms with Gasteiger partial charge in [-0.25, -0.2) is 0 Å². The summed E-state index contributed by atoms with van der Waals surface area (Å²) in [6.07, 6.45) is 5.18. The number of benzene rings is 2. The molecule has 0 fully saturated rings. The highest BCUT2D eigenvalue weighted by molar-refractivity contribution is 7.99. The second kappa shape index (κ2) is 11.0. The lowest BCUT2D eigenvalue weighted by Crippen LogP contribution is -2.15. The van der Waals surface area contributed by atoms with E-state index in [1.165, 1.54) is 22.9 Å². The van der Waals surface area contributed by atoms with Gasteiger partial charge in [-0.15, -0.1) is 10.2 Å². The van der Waals surface area contributed by atoms with E-state index in [1.807, 2.05) is 16.7 Å². The number of primary amides is 1. The molecule has 2 amide bonds. The Morgan fingerprint density at radius 1 is 0.971 bits per heavy atom. The summed E-state index contributed by atoms with van der Waals surface area (Å²) in [6.45, 7) is 4.24. The number of hydrogen-bond donors (Lipinski definition) is 2. The zero-order valence-corrected chi connectivity index (χ0v) is 20.4. The molecule has 0 aliphatic carbocycles. The molecule has 8 nitrogen and oxygen atoms in total. The SMILES string of the molecule is CCc1cccc(CC)c1-n1c(SCC(=O)Nc2ccc(C(N)=O)cc2)nnc1-c1cccnc1. The van der Waals surface area contributed by atoms with Gasteiger partial charge in [0.2, 0.25) is 11.8 Å². The Morgan fingerprint density at radius 2 is 1.69 bits per heavy atom. The summed E-state index contributed by atoms with van der Waals surface area (Å²) in [5.74, 6) is 0.108. The van der Waals surface area contributed by atoms with Crippen LogP contribution in [0.15, 0.2) is 72.1 Å². The third-order valence-electron chi connectivity index (χ3n) is 5.53. The van der Waals surface area contributed by atoms with E-state index in [-0.39, 0.29) is 11.7 Å². The maximum absolute atomic E-state index is 12.7. The molecule has 0 bridgehead atoms. The molecule has 35 heavy (non-hydrogen) atoms. The lowest BCUT2D eigenvalue weighted by molar-refractivity contribution is -0.113. The lowest BCUT2D eigenvalue weighted by Gasteiger charge is -2.18. The zero-order chi connectivity index (χ0) is 24.8. The second-order valence-electron chi connectivity index (χ2n) is 7.79. The number of nitrogens with zero attached hydrogens (tertiary/aromatic N) is 4. The number of pyridine rings is 1. The molecule has 9 heteroatoms. The van der Waals surface area contributed by atoms with Gasteiger partial charge in [-0.05, 0) is 60.4 Å². The van der Waals surface area contributed by atoms with Crippen LogP contribution in [0.4, 0.5) is 5.69 Å². The van der Waals surface area contributed by atoms with Gasteiger partial charge in [0.05, 0.1) is 11.4 Å². The van der Waals surface area contributed by atoms with Crippen molar-refractivity contribution < 1.29 is 9.59 Å². The number of nitrogens with one attached hydrogen (secondary N) is 1. The average Bonchev–Trinajstić information content (AvgIpc) is 3.31. The lowest BCUT2D eigenvalue weighted by atomic mass is 10.0. The van der Waals surface area contributed by atoms with E-state index in [4.69, 9.17) is 5.73 Å². The maximum Gasteiger partial charge on any atom is 0.248 e. The number of hydrogen-bond acceptors (Lipinski definition) is 6. The topological polar surface area (TPSA) is 116 Å². The minimum Gasteiger partial charge on any atom is -0.366 e. The van der Waals surface area contributed by atoms with Gasteiger partial charge in [-0.1, -0.05) is 43.8 Å². The van der Waals surface area contributed by atoms with Crippen molar-refractivity contribution in [2.45, 2.75) is 31.8 Å². The molecule has 2 aromatic carbocycles. The molecule has 0 aliphatic heterocycles. The van der Waals surface area contributed by atoms with Crippen LogP contribution in [0.2, 0.25) is 0 Å². The normalized spacial score (nSPS) is 10.8. The minimum absolute atomic E-state index is 0.137. The summed E-state index contributed by atoms with van der Waals surface area (Å²) >= 11 is 1.31. The average molecular weight is 487 g/mol. The van der Waals surface area contributed by atoms with Gasteiger partial charge in [0.1, 0.15) is 0 Å². The number of nitrogens with two attached hydrogens (primary N) is 1. The van der Waals surface area contributed by atoms with Gasteiger partial charge in [0.15, 0.2) is 11.0 Å². The molecule has 0 radical (unpaired) electrons. The highest BCUT2D eigenvalue weighted by atomic mass is 32.2. The van der Waals surface area contributed by atoms with Gasteiger partial charge in [-0.2, -0.15) is 0 Å². The molecular weight excluding hydrogens is 460 g/mol. The van der Waals surface area contributed by atoms with Gasteiger partial charge in [0.25, 0.3) is 0 Å². The van der Waals surface area contributed by atoms with Crippen molar-refractivity contribution in [3.05, 3.63) is 83.7 Å². The quantitative estimate of drug-likeness (QED) is 0.341.